The summed E-state index contributed by atoms with van der Waals surface area (Å²) >= 11 is 0. The first kappa shape index (κ1) is 15.3. The summed E-state index contributed by atoms with van der Waals surface area (Å²) in [7, 11) is 6.48. The molecule has 3 heteroatoms. The highest BCUT2D eigenvalue weighted by molar-refractivity contribution is 5.38. The Morgan fingerprint density at radius 2 is 1.90 bits per heavy atom. The van der Waals surface area contributed by atoms with Crippen molar-refractivity contribution in [2.75, 3.05) is 27.7 Å². The highest BCUT2D eigenvalue weighted by Crippen LogP contribution is 2.45. The average Bonchev–Trinajstić information content (AvgIpc) is 2.92. The van der Waals surface area contributed by atoms with Crippen LogP contribution in [-0.4, -0.2) is 38.2 Å². The van der Waals surface area contributed by atoms with Crippen LogP contribution >= 0.6 is 0 Å². The molecule has 0 aliphatic heterocycles. The van der Waals surface area contributed by atoms with E-state index in [1.807, 2.05) is 6.92 Å². The van der Waals surface area contributed by atoms with Gasteiger partial charge in [-0.1, -0.05) is 31.0 Å². The Morgan fingerprint density at radius 3 is 2.45 bits per heavy atom. The standard InChI is InChI=1S/C17H28N2O/c1-5-20-15-11-7-6-10-14(15)16(18-2)17(19(3)4)12-8-9-13-17/h6-7,10-11,16,18H,5,8-9,12-13H2,1-4H3. The van der Waals surface area contributed by atoms with Gasteiger partial charge in [0, 0.05) is 11.1 Å². The van der Waals surface area contributed by atoms with Crippen LogP contribution in [0.3, 0.4) is 0 Å². The van der Waals surface area contributed by atoms with E-state index in [4.69, 9.17) is 4.74 Å². The van der Waals surface area contributed by atoms with E-state index < -0.39 is 0 Å². The molecular weight excluding hydrogens is 248 g/mol. The van der Waals surface area contributed by atoms with Gasteiger partial charge in [0.15, 0.2) is 0 Å². The first-order chi connectivity index (χ1) is 9.65. The van der Waals surface area contributed by atoms with Crippen molar-refractivity contribution < 1.29 is 4.74 Å². The minimum atomic E-state index is 0.196. The third-order valence-electron chi connectivity index (χ3n) is 4.72. The molecule has 1 aliphatic rings. The molecule has 0 saturated heterocycles. The van der Waals surface area contributed by atoms with Crippen LogP contribution in [0.4, 0.5) is 0 Å². The topological polar surface area (TPSA) is 24.5 Å². The minimum absolute atomic E-state index is 0.196. The zero-order chi connectivity index (χ0) is 14.6. The second-order valence-electron chi connectivity index (χ2n) is 5.90. The van der Waals surface area contributed by atoms with E-state index in [1.165, 1.54) is 31.2 Å². The summed E-state index contributed by atoms with van der Waals surface area (Å²) in [6.45, 7) is 2.75. The molecule has 1 atom stereocenters. The minimum Gasteiger partial charge on any atom is -0.494 e. The quantitative estimate of drug-likeness (QED) is 0.863. The van der Waals surface area contributed by atoms with Crippen molar-refractivity contribution >= 4 is 0 Å². The maximum absolute atomic E-state index is 5.85. The lowest BCUT2D eigenvalue weighted by Gasteiger charge is -2.43. The Bertz CT molecular complexity index is 425. The Balaban J connectivity index is 2.41. The van der Waals surface area contributed by atoms with Crippen molar-refractivity contribution in [1.82, 2.24) is 10.2 Å². The summed E-state index contributed by atoms with van der Waals surface area (Å²) in [4.78, 5) is 2.41. The van der Waals surface area contributed by atoms with Crippen LogP contribution < -0.4 is 10.1 Å². The SMILES string of the molecule is CCOc1ccccc1C(NC)C1(N(C)C)CCCC1. The van der Waals surface area contributed by atoms with Gasteiger partial charge >= 0.3 is 0 Å². The molecule has 1 unspecified atom stereocenters. The first-order valence-electron chi connectivity index (χ1n) is 7.72. The van der Waals surface area contributed by atoms with E-state index in [2.05, 4.69) is 55.6 Å². The van der Waals surface area contributed by atoms with Crippen LogP contribution in [0.1, 0.15) is 44.2 Å². The molecule has 0 aromatic heterocycles. The van der Waals surface area contributed by atoms with Gasteiger partial charge in [0.05, 0.1) is 12.6 Å². The van der Waals surface area contributed by atoms with E-state index in [0.29, 0.717) is 12.6 Å². The van der Waals surface area contributed by atoms with Gasteiger partial charge in [-0.2, -0.15) is 0 Å². The van der Waals surface area contributed by atoms with Gasteiger partial charge < -0.3 is 15.0 Å². The lowest BCUT2D eigenvalue weighted by Crippen LogP contribution is -2.51. The third-order valence-corrected chi connectivity index (χ3v) is 4.72. The number of hydrogen-bond donors (Lipinski definition) is 1. The summed E-state index contributed by atoms with van der Waals surface area (Å²) in [6.07, 6.45) is 5.11. The monoisotopic (exact) mass is 276 g/mol. The second-order valence-corrected chi connectivity index (χ2v) is 5.90. The van der Waals surface area contributed by atoms with Crippen molar-refractivity contribution in [3.05, 3.63) is 29.8 Å². The number of nitrogens with zero attached hydrogens (tertiary/aromatic N) is 1. The molecule has 112 valence electrons. The van der Waals surface area contributed by atoms with Crippen LogP contribution in [0.2, 0.25) is 0 Å². The number of ether oxygens (including phenoxy) is 1. The zero-order valence-corrected chi connectivity index (χ0v) is 13.3. The smallest absolute Gasteiger partial charge is 0.124 e. The normalized spacial score (nSPS) is 19.2. The van der Waals surface area contributed by atoms with Gasteiger partial charge in [-0.25, -0.2) is 0 Å². The molecule has 1 fully saturated rings. The number of hydrogen-bond acceptors (Lipinski definition) is 3. The molecule has 1 aliphatic carbocycles. The Labute approximate surface area is 123 Å². The molecule has 1 aromatic rings. The number of para-hydroxylation sites is 1. The average molecular weight is 276 g/mol. The number of likely N-dealkylation sites (N-methyl/N-ethyl adjacent to an activating group) is 2. The summed E-state index contributed by atoms with van der Waals surface area (Å²) in [6, 6.07) is 8.76. The molecule has 3 nitrogen and oxygen atoms in total. The van der Waals surface area contributed by atoms with Gasteiger partial charge in [-0.15, -0.1) is 0 Å². The Hall–Kier alpha value is -1.06. The summed E-state index contributed by atoms with van der Waals surface area (Å²) in [5, 5.41) is 3.56. The van der Waals surface area contributed by atoms with Gasteiger partial charge in [0.25, 0.3) is 0 Å². The lowest BCUT2D eigenvalue weighted by molar-refractivity contribution is 0.107. The van der Waals surface area contributed by atoms with Crippen LogP contribution in [0, 0.1) is 0 Å². The van der Waals surface area contributed by atoms with Crippen molar-refractivity contribution in [2.24, 2.45) is 0 Å². The highest BCUT2D eigenvalue weighted by Gasteiger charge is 2.44. The number of benzene rings is 1. The fraction of sp³-hybridized carbons (Fsp3) is 0.647. The first-order valence-corrected chi connectivity index (χ1v) is 7.72. The molecule has 0 radical (unpaired) electrons. The van der Waals surface area contributed by atoms with Gasteiger partial charge in [0.2, 0.25) is 0 Å². The van der Waals surface area contributed by atoms with E-state index in [-0.39, 0.29) is 5.54 Å². The van der Waals surface area contributed by atoms with E-state index in [1.54, 1.807) is 0 Å². The fourth-order valence-electron chi connectivity index (χ4n) is 3.70. The second kappa shape index (κ2) is 6.59. The van der Waals surface area contributed by atoms with Crippen LogP contribution in [0.15, 0.2) is 24.3 Å². The Kier molecular flexibility index (Phi) is 5.06. The summed E-state index contributed by atoms with van der Waals surface area (Å²) < 4.78 is 5.85. The van der Waals surface area contributed by atoms with E-state index in [0.717, 1.165) is 5.75 Å². The van der Waals surface area contributed by atoms with Crippen LogP contribution in [0.5, 0.6) is 5.75 Å². The summed E-state index contributed by atoms with van der Waals surface area (Å²) in [5.41, 5.74) is 1.48. The molecule has 0 spiro atoms. The predicted molar refractivity (Wildman–Crippen MR) is 84.3 cm³/mol. The van der Waals surface area contributed by atoms with Gasteiger partial charge in [-0.05, 0) is 47.0 Å². The van der Waals surface area contributed by atoms with E-state index >= 15 is 0 Å². The van der Waals surface area contributed by atoms with Gasteiger partial charge in [0.1, 0.15) is 5.75 Å². The van der Waals surface area contributed by atoms with Crippen molar-refractivity contribution in [1.29, 1.82) is 0 Å². The van der Waals surface area contributed by atoms with Crippen LogP contribution in [0.25, 0.3) is 0 Å². The maximum Gasteiger partial charge on any atom is 0.124 e. The molecule has 1 saturated carbocycles. The molecular formula is C17H28N2O. The van der Waals surface area contributed by atoms with Crippen molar-refractivity contribution in [3.63, 3.8) is 0 Å². The van der Waals surface area contributed by atoms with Crippen molar-refractivity contribution in [3.8, 4) is 5.75 Å². The molecule has 1 aromatic carbocycles. The van der Waals surface area contributed by atoms with E-state index in [9.17, 15) is 0 Å². The van der Waals surface area contributed by atoms with Crippen LogP contribution in [-0.2, 0) is 0 Å². The molecule has 2 rings (SSSR count). The number of rotatable bonds is 6. The van der Waals surface area contributed by atoms with Gasteiger partial charge in [-0.3, -0.25) is 0 Å². The molecule has 0 amide bonds. The summed E-state index contributed by atoms with van der Waals surface area (Å²) in [5.74, 6) is 1.02. The lowest BCUT2D eigenvalue weighted by atomic mass is 9.82. The number of nitrogens with one attached hydrogen (secondary N) is 1. The molecule has 0 heterocycles. The molecule has 1 N–H and O–H groups in total. The highest BCUT2D eigenvalue weighted by atomic mass is 16.5. The predicted octanol–water partition coefficient (Wildman–Crippen LogP) is 3.22. The van der Waals surface area contributed by atoms with Crippen molar-refractivity contribution in [2.45, 2.75) is 44.2 Å². The third kappa shape index (κ3) is 2.70. The Morgan fingerprint density at radius 1 is 1.25 bits per heavy atom. The molecule has 20 heavy (non-hydrogen) atoms. The maximum atomic E-state index is 5.85. The zero-order valence-electron chi connectivity index (χ0n) is 13.3. The molecule has 0 bridgehead atoms. The fourth-order valence-corrected chi connectivity index (χ4v) is 3.70. The largest absolute Gasteiger partial charge is 0.494 e.